The molecule has 0 aromatic heterocycles. The van der Waals surface area contributed by atoms with E-state index in [-0.39, 0.29) is 0 Å². The molecule has 0 radical (unpaired) electrons. The van der Waals surface area contributed by atoms with Gasteiger partial charge in [-0.15, -0.1) is 0 Å². The van der Waals surface area contributed by atoms with Crippen LogP contribution in [-0.2, 0) is 0 Å². The highest BCUT2D eigenvalue weighted by Gasteiger charge is 2.07. The Hall–Kier alpha value is -2.51. The van der Waals surface area contributed by atoms with Crippen molar-refractivity contribution in [3.05, 3.63) is 54.6 Å². The third-order valence-corrected chi connectivity index (χ3v) is 3.89. The lowest BCUT2D eigenvalue weighted by atomic mass is 10.0. The molecule has 0 aliphatic heterocycles. The minimum atomic E-state index is 0.596. The molecule has 3 rings (SSSR count). The molecule has 0 aliphatic carbocycles. The maximum Gasteiger partial charge on any atom is 0.183 e. The number of hydrogen-bond acceptors (Lipinski definition) is 3. The van der Waals surface area contributed by atoms with E-state index in [0.717, 1.165) is 27.2 Å². The summed E-state index contributed by atoms with van der Waals surface area (Å²) in [6.45, 7) is 0. The van der Waals surface area contributed by atoms with Gasteiger partial charge in [-0.1, -0.05) is 60.3 Å². The Kier molecular flexibility index (Phi) is 3.76. The van der Waals surface area contributed by atoms with Crippen LogP contribution in [0.3, 0.4) is 0 Å². The highest BCUT2D eigenvalue weighted by Crippen LogP contribution is 2.35. The summed E-state index contributed by atoms with van der Waals surface area (Å²) in [5.74, 6) is 0. The second kappa shape index (κ2) is 5.86. The smallest absolute Gasteiger partial charge is 0.183 e. The molecule has 102 valence electrons. The standard InChI is InChI=1S/C17H13N3S/c1-21-17(19-11-18)20-16-14-8-4-2-6-12(14)10-13-7-3-5-9-15(13)16/h2-10H,1H3,(H,19,20). The summed E-state index contributed by atoms with van der Waals surface area (Å²) in [5, 5.41) is 16.5. The lowest BCUT2D eigenvalue weighted by Crippen LogP contribution is -2.12. The number of nitriles is 1. The molecular formula is C17H13N3S. The van der Waals surface area contributed by atoms with Crippen LogP contribution in [0.15, 0.2) is 59.6 Å². The van der Waals surface area contributed by atoms with E-state index in [1.165, 1.54) is 11.8 Å². The summed E-state index contributed by atoms with van der Waals surface area (Å²) < 4.78 is 0. The second-order valence-electron chi connectivity index (χ2n) is 4.53. The van der Waals surface area contributed by atoms with Gasteiger partial charge >= 0.3 is 0 Å². The van der Waals surface area contributed by atoms with E-state index in [1.54, 1.807) is 0 Å². The summed E-state index contributed by atoms with van der Waals surface area (Å²) in [6, 6.07) is 18.5. The van der Waals surface area contributed by atoms with Crippen molar-refractivity contribution in [2.75, 3.05) is 6.26 Å². The first-order valence-corrected chi connectivity index (χ1v) is 7.74. The van der Waals surface area contributed by atoms with Gasteiger partial charge in [0.25, 0.3) is 0 Å². The van der Waals surface area contributed by atoms with Gasteiger partial charge in [0.2, 0.25) is 0 Å². The number of fused-ring (bicyclic) bond motifs is 2. The number of amidine groups is 1. The Morgan fingerprint density at radius 3 is 2.14 bits per heavy atom. The number of hydrogen-bond donors (Lipinski definition) is 1. The zero-order valence-electron chi connectivity index (χ0n) is 11.5. The number of nitrogens with zero attached hydrogens (tertiary/aromatic N) is 2. The first-order chi connectivity index (χ1) is 10.3. The van der Waals surface area contributed by atoms with Crippen LogP contribution in [0.4, 0.5) is 5.69 Å². The number of benzene rings is 3. The first kappa shape index (κ1) is 13.5. The lowest BCUT2D eigenvalue weighted by molar-refractivity contribution is 1.28. The molecule has 3 aromatic rings. The molecule has 0 bridgehead atoms. The highest BCUT2D eigenvalue weighted by atomic mass is 32.2. The molecule has 0 aliphatic rings. The Bertz CT molecular complexity index is 824. The topological polar surface area (TPSA) is 48.2 Å². The van der Waals surface area contributed by atoms with Gasteiger partial charge < -0.3 is 0 Å². The third kappa shape index (κ3) is 2.56. The fourth-order valence-corrected chi connectivity index (χ4v) is 2.71. The van der Waals surface area contributed by atoms with Crippen molar-refractivity contribution in [1.82, 2.24) is 5.32 Å². The molecule has 0 saturated heterocycles. The van der Waals surface area contributed by atoms with Gasteiger partial charge in [0, 0.05) is 10.8 Å². The van der Waals surface area contributed by atoms with E-state index in [4.69, 9.17) is 5.26 Å². The largest absolute Gasteiger partial charge is 0.271 e. The van der Waals surface area contributed by atoms with Gasteiger partial charge in [-0.3, -0.25) is 5.32 Å². The average Bonchev–Trinajstić information content (AvgIpc) is 2.53. The Morgan fingerprint density at radius 1 is 1.05 bits per heavy atom. The van der Waals surface area contributed by atoms with Crippen molar-refractivity contribution < 1.29 is 0 Å². The third-order valence-electron chi connectivity index (χ3n) is 3.31. The molecule has 4 heteroatoms. The van der Waals surface area contributed by atoms with Crippen LogP contribution in [0.25, 0.3) is 21.5 Å². The van der Waals surface area contributed by atoms with E-state index in [2.05, 4.69) is 40.6 Å². The average molecular weight is 291 g/mol. The fraction of sp³-hybridized carbons (Fsp3) is 0.0588. The predicted octanol–water partition coefficient (Wildman–Crippen LogP) is 4.41. The van der Waals surface area contributed by atoms with Gasteiger partial charge in [-0.2, -0.15) is 5.26 Å². The van der Waals surface area contributed by atoms with Crippen molar-refractivity contribution in [1.29, 1.82) is 5.26 Å². The van der Waals surface area contributed by atoms with Crippen molar-refractivity contribution in [3.8, 4) is 6.19 Å². The molecule has 1 N–H and O–H groups in total. The van der Waals surface area contributed by atoms with Crippen LogP contribution >= 0.6 is 11.8 Å². The Balaban J connectivity index is 2.38. The van der Waals surface area contributed by atoms with Gasteiger partial charge in [-0.05, 0) is 23.1 Å². The van der Waals surface area contributed by atoms with E-state index >= 15 is 0 Å². The van der Waals surface area contributed by atoms with Crippen molar-refractivity contribution >= 4 is 44.2 Å². The molecule has 21 heavy (non-hydrogen) atoms. The van der Waals surface area contributed by atoms with Gasteiger partial charge in [0.05, 0.1) is 5.69 Å². The normalized spacial score (nSPS) is 11.5. The Labute approximate surface area is 127 Å². The molecule has 3 nitrogen and oxygen atoms in total. The van der Waals surface area contributed by atoms with E-state index in [0.29, 0.717) is 5.17 Å². The summed E-state index contributed by atoms with van der Waals surface area (Å²) in [6.07, 6.45) is 3.83. The van der Waals surface area contributed by atoms with Crippen LogP contribution in [-0.4, -0.2) is 11.4 Å². The zero-order chi connectivity index (χ0) is 14.7. The maximum absolute atomic E-state index is 8.82. The second-order valence-corrected chi connectivity index (χ2v) is 5.32. The summed E-state index contributed by atoms with van der Waals surface area (Å²) in [7, 11) is 0. The van der Waals surface area contributed by atoms with E-state index in [9.17, 15) is 0 Å². The quantitative estimate of drug-likeness (QED) is 0.237. The molecule has 0 atom stereocenters. The highest BCUT2D eigenvalue weighted by molar-refractivity contribution is 8.13. The van der Waals surface area contributed by atoms with Crippen molar-refractivity contribution in [3.63, 3.8) is 0 Å². The summed E-state index contributed by atoms with van der Waals surface area (Å²) >= 11 is 1.42. The van der Waals surface area contributed by atoms with Crippen LogP contribution in [0.5, 0.6) is 0 Å². The van der Waals surface area contributed by atoms with Gasteiger partial charge in [-0.25, -0.2) is 4.99 Å². The van der Waals surface area contributed by atoms with Crippen molar-refractivity contribution in [2.24, 2.45) is 4.99 Å². The maximum atomic E-state index is 8.82. The molecule has 0 spiro atoms. The SMILES string of the molecule is CSC(=Nc1c2ccccc2cc2ccccc12)NC#N. The van der Waals surface area contributed by atoms with Crippen LogP contribution in [0, 0.1) is 11.5 Å². The zero-order valence-corrected chi connectivity index (χ0v) is 12.3. The van der Waals surface area contributed by atoms with Crippen molar-refractivity contribution in [2.45, 2.75) is 0 Å². The number of thioether (sulfide) groups is 1. The lowest BCUT2D eigenvalue weighted by Gasteiger charge is -2.09. The number of rotatable bonds is 1. The minimum Gasteiger partial charge on any atom is -0.271 e. The van der Waals surface area contributed by atoms with Crippen LogP contribution in [0.2, 0.25) is 0 Å². The van der Waals surface area contributed by atoms with Gasteiger partial charge in [0.1, 0.15) is 0 Å². The molecule has 0 fully saturated rings. The number of aliphatic imine (C=N–C) groups is 1. The fourth-order valence-electron chi connectivity index (χ4n) is 2.38. The predicted molar refractivity (Wildman–Crippen MR) is 90.8 cm³/mol. The van der Waals surface area contributed by atoms with Gasteiger partial charge in [0.15, 0.2) is 11.4 Å². The molecule has 0 heterocycles. The number of nitrogens with one attached hydrogen (secondary N) is 1. The summed E-state index contributed by atoms with van der Waals surface area (Å²) in [4.78, 5) is 4.67. The molecular weight excluding hydrogens is 278 g/mol. The Morgan fingerprint density at radius 2 is 1.62 bits per heavy atom. The summed E-state index contributed by atoms with van der Waals surface area (Å²) in [5.41, 5.74) is 0.899. The monoisotopic (exact) mass is 291 g/mol. The van der Waals surface area contributed by atoms with E-state index < -0.39 is 0 Å². The molecule has 0 amide bonds. The molecule has 0 unspecified atom stereocenters. The van der Waals surface area contributed by atoms with Crippen LogP contribution in [0.1, 0.15) is 0 Å². The first-order valence-electron chi connectivity index (χ1n) is 6.52. The van der Waals surface area contributed by atoms with E-state index in [1.807, 2.05) is 36.7 Å². The molecule has 3 aromatic carbocycles. The van der Waals surface area contributed by atoms with Crippen LogP contribution < -0.4 is 5.32 Å². The minimum absolute atomic E-state index is 0.596. The molecule has 0 saturated carbocycles.